The molecule has 1 aliphatic heterocycles. The summed E-state index contributed by atoms with van der Waals surface area (Å²) >= 11 is 12.1. The van der Waals surface area contributed by atoms with Crippen molar-refractivity contribution >= 4 is 52.4 Å². The maximum absolute atomic E-state index is 12.5. The summed E-state index contributed by atoms with van der Waals surface area (Å²) in [7, 11) is 0. The first-order chi connectivity index (χ1) is 12.4. The average molecular weight is 392 g/mol. The minimum absolute atomic E-state index is 0.0227. The van der Waals surface area contributed by atoms with E-state index in [-0.39, 0.29) is 35.4 Å². The second kappa shape index (κ2) is 7.35. The third-order valence-corrected chi connectivity index (χ3v) is 4.89. The van der Waals surface area contributed by atoms with Gasteiger partial charge < -0.3 is 20.1 Å². The molecule has 1 saturated heterocycles. The summed E-state index contributed by atoms with van der Waals surface area (Å²) in [6.45, 7) is 0.158. The molecule has 0 aromatic heterocycles. The van der Waals surface area contributed by atoms with Gasteiger partial charge in [0.1, 0.15) is 0 Å². The zero-order valence-electron chi connectivity index (χ0n) is 13.4. The Morgan fingerprint density at radius 1 is 1.15 bits per heavy atom. The molecule has 0 radical (unpaired) electrons. The number of anilines is 2. The molecule has 2 aromatic carbocycles. The van der Waals surface area contributed by atoms with Crippen LogP contribution in [0.15, 0.2) is 42.5 Å². The van der Waals surface area contributed by atoms with E-state index in [0.29, 0.717) is 16.4 Å². The summed E-state index contributed by atoms with van der Waals surface area (Å²) in [4.78, 5) is 37.1. The van der Waals surface area contributed by atoms with Gasteiger partial charge in [-0.25, -0.2) is 0 Å². The van der Waals surface area contributed by atoms with E-state index in [4.69, 9.17) is 23.2 Å². The normalized spacial score (nSPS) is 16.6. The molecule has 0 unspecified atom stereocenters. The van der Waals surface area contributed by atoms with Crippen molar-refractivity contribution in [2.24, 2.45) is 5.92 Å². The molecule has 134 valence electrons. The quantitative estimate of drug-likeness (QED) is 0.865. The molecule has 0 saturated carbocycles. The molecule has 26 heavy (non-hydrogen) atoms. The van der Waals surface area contributed by atoms with E-state index in [1.54, 1.807) is 24.3 Å². The Kier molecular flexibility index (Phi) is 5.15. The van der Waals surface area contributed by atoms with E-state index in [1.165, 1.54) is 23.1 Å². The van der Waals surface area contributed by atoms with Gasteiger partial charge in [-0.2, -0.15) is 0 Å². The van der Waals surface area contributed by atoms with E-state index < -0.39 is 11.9 Å². The van der Waals surface area contributed by atoms with Crippen LogP contribution in [0, 0.1) is 5.92 Å². The van der Waals surface area contributed by atoms with Gasteiger partial charge >= 0.3 is 0 Å². The molecular weight excluding hydrogens is 379 g/mol. The first-order valence-electron chi connectivity index (χ1n) is 7.73. The Balaban J connectivity index is 1.74. The van der Waals surface area contributed by atoms with Gasteiger partial charge in [0.05, 0.1) is 27.6 Å². The number of nitrogens with zero attached hydrogens (tertiary/aromatic N) is 1. The third kappa shape index (κ3) is 3.66. The first-order valence-corrected chi connectivity index (χ1v) is 8.49. The lowest BCUT2D eigenvalue weighted by molar-refractivity contribution is -0.255. The lowest BCUT2D eigenvalue weighted by Gasteiger charge is -2.18. The van der Waals surface area contributed by atoms with Gasteiger partial charge in [-0.1, -0.05) is 41.4 Å². The molecule has 0 bridgehead atoms. The highest BCUT2D eigenvalue weighted by atomic mass is 35.5. The van der Waals surface area contributed by atoms with Crippen molar-refractivity contribution in [1.82, 2.24) is 0 Å². The summed E-state index contributed by atoms with van der Waals surface area (Å²) in [5, 5.41) is 14.1. The van der Waals surface area contributed by atoms with Crippen molar-refractivity contribution in [3.63, 3.8) is 0 Å². The number of carbonyl (C=O) groups excluding carboxylic acids is 3. The van der Waals surface area contributed by atoms with E-state index in [9.17, 15) is 19.5 Å². The number of carbonyl (C=O) groups is 3. The Labute approximate surface area is 159 Å². The maximum Gasteiger partial charge on any atom is 0.229 e. The largest absolute Gasteiger partial charge is 0.545 e. The van der Waals surface area contributed by atoms with Gasteiger partial charge in [0, 0.05) is 18.7 Å². The molecule has 1 atom stereocenters. The number of benzene rings is 2. The fourth-order valence-electron chi connectivity index (χ4n) is 2.79. The summed E-state index contributed by atoms with van der Waals surface area (Å²) in [6, 6.07) is 10.7. The molecule has 1 fully saturated rings. The van der Waals surface area contributed by atoms with Crippen LogP contribution in [0.2, 0.25) is 10.0 Å². The molecule has 2 aromatic rings. The topological polar surface area (TPSA) is 89.5 Å². The molecule has 1 N–H and O–H groups in total. The van der Waals surface area contributed by atoms with Gasteiger partial charge in [-0.3, -0.25) is 9.59 Å². The summed E-state index contributed by atoms with van der Waals surface area (Å²) in [6.07, 6.45) is 0.0227. The lowest BCUT2D eigenvalue weighted by Crippen LogP contribution is -2.28. The molecule has 6 nitrogen and oxygen atoms in total. The number of rotatable bonds is 4. The van der Waals surface area contributed by atoms with Crippen LogP contribution in [0.1, 0.15) is 16.8 Å². The zero-order chi connectivity index (χ0) is 18.8. The molecule has 0 spiro atoms. The smallest absolute Gasteiger partial charge is 0.229 e. The van der Waals surface area contributed by atoms with Crippen molar-refractivity contribution in [2.45, 2.75) is 6.42 Å². The number of hydrogen-bond donors (Lipinski definition) is 1. The average Bonchev–Trinajstić information content (AvgIpc) is 2.99. The van der Waals surface area contributed by atoms with Crippen molar-refractivity contribution in [3.8, 4) is 0 Å². The van der Waals surface area contributed by atoms with E-state index >= 15 is 0 Å². The Morgan fingerprint density at radius 3 is 2.62 bits per heavy atom. The van der Waals surface area contributed by atoms with Crippen molar-refractivity contribution < 1.29 is 19.5 Å². The van der Waals surface area contributed by atoms with Crippen molar-refractivity contribution in [1.29, 1.82) is 0 Å². The predicted molar refractivity (Wildman–Crippen MR) is 96.3 cm³/mol. The number of hydrogen-bond acceptors (Lipinski definition) is 4. The van der Waals surface area contributed by atoms with Crippen LogP contribution in [0.5, 0.6) is 0 Å². The molecule has 8 heteroatoms. The molecule has 1 heterocycles. The number of amides is 2. The monoisotopic (exact) mass is 391 g/mol. The van der Waals surface area contributed by atoms with E-state index in [2.05, 4.69) is 5.32 Å². The van der Waals surface area contributed by atoms with Crippen LogP contribution < -0.4 is 15.3 Å². The standard InChI is InChI=1S/C18H14Cl2N2O4/c19-13-5-2-6-14(16(13)20)22-9-11(8-15(22)23)17(24)21-12-4-1-3-10(7-12)18(25)26/h1-7,11H,8-9H2,(H,21,24)(H,25,26)/p-1/t11-/m0/s1. The van der Waals surface area contributed by atoms with Crippen LogP contribution >= 0.6 is 23.2 Å². The molecule has 3 rings (SSSR count). The summed E-state index contributed by atoms with van der Waals surface area (Å²) in [5.41, 5.74) is 0.736. The second-order valence-electron chi connectivity index (χ2n) is 5.84. The Hall–Kier alpha value is -2.57. The van der Waals surface area contributed by atoms with Gasteiger partial charge in [0.25, 0.3) is 0 Å². The highest BCUT2D eigenvalue weighted by Gasteiger charge is 2.36. The first kappa shape index (κ1) is 18.2. The molecular formula is C18H13Cl2N2O4-. The van der Waals surface area contributed by atoms with Crippen LogP contribution in [0.3, 0.4) is 0 Å². The number of carboxylic acids is 1. The Bertz CT molecular complexity index is 901. The van der Waals surface area contributed by atoms with Gasteiger partial charge in [-0.15, -0.1) is 0 Å². The second-order valence-corrected chi connectivity index (χ2v) is 6.62. The molecule has 2 amide bonds. The highest BCUT2D eigenvalue weighted by molar-refractivity contribution is 6.44. The predicted octanol–water partition coefficient (Wildman–Crippen LogP) is 2.35. The number of aromatic carboxylic acids is 1. The van der Waals surface area contributed by atoms with Crippen LogP contribution in [0.4, 0.5) is 11.4 Å². The lowest BCUT2D eigenvalue weighted by atomic mass is 10.1. The minimum atomic E-state index is -1.33. The van der Waals surface area contributed by atoms with Crippen molar-refractivity contribution in [2.75, 3.05) is 16.8 Å². The molecule has 1 aliphatic rings. The van der Waals surface area contributed by atoms with Gasteiger partial charge in [0.2, 0.25) is 11.8 Å². The summed E-state index contributed by atoms with van der Waals surface area (Å²) < 4.78 is 0. The van der Waals surface area contributed by atoms with Gasteiger partial charge in [-0.05, 0) is 29.8 Å². The third-order valence-electron chi connectivity index (χ3n) is 4.08. The van der Waals surface area contributed by atoms with Crippen molar-refractivity contribution in [3.05, 3.63) is 58.1 Å². The zero-order valence-corrected chi connectivity index (χ0v) is 14.9. The number of nitrogens with one attached hydrogen (secondary N) is 1. The summed E-state index contributed by atoms with van der Waals surface area (Å²) in [5.74, 6) is -2.55. The van der Waals surface area contributed by atoms with Crippen LogP contribution in [-0.2, 0) is 9.59 Å². The van der Waals surface area contributed by atoms with E-state index in [0.717, 1.165) is 0 Å². The van der Waals surface area contributed by atoms with Crippen LogP contribution in [-0.4, -0.2) is 24.3 Å². The number of halogens is 2. The SMILES string of the molecule is O=C([O-])c1cccc(NC(=O)[C@H]2CC(=O)N(c3cccc(Cl)c3Cl)C2)c1. The maximum atomic E-state index is 12.5. The highest BCUT2D eigenvalue weighted by Crippen LogP contribution is 2.35. The fourth-order valence-corrected chi connectivity index (χ4v) is 3.18. The minimum Gasteiger partial charge on any atom is -0.545 e. The van der Waals surface area contributed by atoms with Gasteiger partial charge in [0.15, 0.2) is 0 Å². The Morgan fingerprint density at radius 2 is 1.88 bits per heavy atom. The fraction of sp³-hybridized carbons (Fsp3) is 0.167. The number of carboxylic acid groups (broad SMARTS) is 1. The van der Waals surface area contributed by atoms with Crippen LogP contribution in [0.25, 0.3) is 0 Å². The van der Waals surface area contributed by atoms with E-state index in [1.807, 2.05) is 0 Å². The molecule has 0 aliphatic carbocycles.